The molecule has 7 heteroatoms. The lowest BCUT2D eigenvalue weighted by Crippen LogP contribution is -2.44. The Morgan fingerprint density at radius 2 is 2.00 bits per heavy atom. The Morgan fingerprint density at radius 3 is 2.71 bits per heavy atom. The topological polar surface area (TPSA) is 67.5 Å². The van der Waals surface area contributed by atoms with Crippen molar-refractivity contribution in [2.24, 2.45) is 12.5 Å². The van der Waals surface area contributed by atoms with Gasteiger partial charge in [0.25, 0.3) is 0 Å². The first-order valence-electron chi connectivity index (χ1n) is 9.65. The van der Waals surface area contributed by atoms with Crippen molar-refractivity contribution >= 4 is 17.4 Å². The summed E-state index contributed by atoms with van der Waals surface area (Å²) in [4.78, 5) is 19.1. The molecule has 5 heterocycles. The van der Waals surface area contributed by atoms with Crippen LogP contribution in [0.5, 0.6) is 0 Å². The van der Waals surface area contributed by atoms with Crippen molar-refractivity contribution in [3.63, 3.8) is 0 Å². The number of pyridine rings is 1. The summed E-state index contributed by atoms with van der Waals surface area (Å²) in [5.41, 5.74) is 2.45. The number of anilines is 1. The fraction of sp³-hybridized carbons (Fsp3) is 0.381. The van der Waals surface area contributed by atoms with E-state index >= 15 is 0 Å². The average molecular weight is 374 g/mol. The molecule has 5 rings (SSSR count). The van der Waals surface area contributed by atoms with Crippen molar-refractivity contribution in [1.29, 1.82) is 0 Å². The first-order chi connectivity index (χ1) is 13.6. The molecule has 2 aliphatic heterocycles. The van der Waals surface area contributed by atoms with Gasteiger partial charge in [-0.05, 0) is 37.3 Å². The number of rotatable bonds is 1. The number of amides is 1. The van der Waals surface area contributed by atoms with Crippen LogP contribution in [0.4, 0.5) is 5.82 Å². The highest BCUT2D eigenvalue weighted by Crippen LogP contribution is 2.39. The van der Waals surface area contributed by atoms with Crippen molar-refractivity contribution in [2.75, 3.05) is 24.5 Å². The van der Waals surface area contributed by atoms with Gasteiger partial charge in [0.1, 0.15) is 17.2 Å². The first kappa shape index (κ1) is 16.9. The highest BCUT2D eigenvalue weighted by Gasteiger charge is 2.44. The standard InChI is InChI=1S/C21H22N6O/c1-25-15-16(13-24-25)5-6-17-14-23-18-3-2-4-19(27(17)18)26-11-8-21(9-12-26)7-10-22-20(21)28/h2-4,13-15H,7-12H2,1H3,(H,22,28). The van der Waals surface area contributed by atoms with Gasteiger partial charge in [-0.15, -0.1) is 0 Å². The van der Waals surface area contributed by atoms with E-state index in [4.69, 9.17) is 0 Å². The molecule has 0 bridgehead atoms. The zero-order chi connectivity index (χ0) is 19.1. The molecule has 0 radical (unpaired) electrons. The Hall–Kier alpha value is -3.27. The van der Waals surface area contributed by atoms with Crippen LogP contribution in [0.3, 0.4) is 0 Å². The fourth-order valence-corrected chi connectivity index (χ4v) is 4.33. The molecule has 142 valence electrons. The maximum Gasteiger partial charge on any atom is 0.226 e. The molecule has 2 fully saturated rings. The van der Waals surface area contributed by atoms with Gasteiger partial charge in [-0.2, -0.15) is 5.10 Å². The second-order valence-electron chi connectivity index (χ2n) is 7.65. The number of hydrogen-bond donors (Lipinski definition) is 1. The summed E-state index contributed by atoms with van der Waals surface area (Å²) in [6.07, 6.45) is 8.21. The van der Waals surface area contributed by atoms with E-state index < -0.39 is 0 Å². The Labute approximate surface area is 163 Å². The summed E-state index contributed by atoms with van der Waals surface area (Å²) in [6.45, 7) is 2.53. The number of nitrogens with zero attached hydrogens (tertiary/aromatic N) is 5. The third kappa shape index (κ3) is 2.73. The maximum atomic E-state index is 12.3. The lowest BCUT2D eigenvalue weighted by molar-refractivity contribution is -0.128. The molecule has 3 aromatic heterocycles. The Kier molecular flexibility index (Phi) is 3.86. The van der Waals surface area contributed by atoms with Gasteiger partial charge in [0.2, 0.25) is 5.91 Å². The Bertz CT molecular complexity index is 1110. The van der Waals surface area contributed by atoms with E-state index in [0.717, 1.165) is 61.6 Å². The van der Waals surface area contributed by atoms with Crippen LogP contribution in [0.2, 0.25) is 0 Å². The fourth-order valence-electron chi connectivity index (χ4n) is 4.33. The molecule has 1 amide bonds. The highest BCUT2D eigenvalue weighted by molar-refractivity contribution is 5.85. The van der Waals surface area contributed by atoms with E-state index in [1.807, 2.05) is 31.6 Å². The molecule has 0 atom stereocenters. The van der Waals surface area contributed by atoms with Crippen LogP contribution in [0.1, 0.15) is 30.5 Å². The van der Waals surface area contributed by atoms with E-state index in [0.29, 0.717) is 0 Å². The minimum atomic E-state index is -0.164. The van der Waals surface area contributed by atoms with Gasteiger partial charge in [0, 0.05) is 32.9 Å². The molecule has 3 aromatic rings. The van der Waals surface area contributed by atoms with Crippen LogP contribution in [0.15, 0.2) is 36.8 Å². The van der Waals surface area contributed by atoms with E-state index in [9.17, 15) is 4.79 Å². The summed E-state index contributed by atoms with van der Waals surface area (Å²) in [5.74, 6) is 7.72. The summed E-state index contributed by atoms with van der Waals surface area (Å²) in [5, 5.41) is 7.17. The zero-order valence-electron chi connectivity index (χ0n) is 15.9. The quantitative estimate of drug-likeness (QED) is 0.657. The van der Waals surface area contributed by atoms with Crippen LogP contribution >= 0.6 is 0 Å². The van der Waals surface area contributed by atoms with Gasteiger partial charge in [0.05, 0.1) is 23.4 Å². The normalized spacial score (nSPS) is 18.3. The predicted molar refractivity (Wildman–Crippen MR) is 106 cm³/mol. The van der Waals surface area contributed by atoms with E-state index in [2.05, 4.69) is 42.6 Å². The molecule has 2 aliphatic rings. The SMILES string of the molecule is Cn1cc(C#Cc2cnc3cccc(N4CCC5(CCNC5=O)CC4)n23)cn1. The van der Waals surface area contributed by atoms with Crippen LogP contribution in [-0.4, -0.2) is 44.7 Å². The molecule has 0 saturated carbocycles. The molecule has 1 N–H and O–H groups in total. The van der Waals surface area contributed by atoms with Gasteiger partial charge in [-0.25, -0.2) is 4.98 Å². The van der Waals surface area contributed by atoms with E-state index in [1.165, 1.54) is 0 Å². The predicted octanol–water partition coefficient (Wildman–Crippen LogP) is 1.57. The van der Waals surface area contributed by atoms with Crippen LogP contribution < -0.4 is 10.2 Å². The molecule has 1 spiro atoms. The summed E-state index contributed by atoms with van der Waals surface area (Å²) >= 11 is 0. The van der Waals surface area contributed by atoms with Crippen molar-refractivity contribution in [1.82, 2.24) is 24.5 Å². The minimum Gasteiger partial charge on any atom is -0.358 e. The number of fused-ring (bicyclic) bond motifs is 1. The van der Waals surface area contributed by atoms with Crippen molar-refractivity contribution in [3.8, 4) is 11.8 Å². The van der Waals surface area contributed by atoms with E-state index in [1.54, 1.807) is 10.9 Å². The summed E-state index contributed by atoms with van der Waals surface area (Å²) in [7, 11) is 1.88. The third-order valence-electron chi connectivity index (χ3n) is 5.96. The number of nitrogens with one attached hydrogen (secondary N) is 1. The molecule has 0 aromatic carbocycles. The van der Waals surface area contributed by atoms with Crippen molar-refractivity contribution < 1.29 is 4.79 Å². The van der Waals surface area contributed by atoms with Crippen LogP contribution in [-0.2, 0) is 11.8 Å². The maximum absolute atomic E-state index is 12.3. The zero-order valence-corrected chi connectivity index (χ0v) is 15.9. The lowest BCUT2D eigenvalue weighted by Gasteiger charge is -2.38. The summed E-state index contributed by atoms with van der Waals surface area (Å²) in [6, 6.07) is 6.13. The second kappa shape index (κ2) is 6.41. The molecule has 28 heavy (non-hydrogen) atoms. The van der Waals surface area contributed by atoms with Crippen molar-refractivity contribution in [3.05, 3.63) is 48.0 Å². The average Bonchev–Trinajstić information content (AvgIpc) is 3.41. The molecular weight excluding hydrogens is 352 g/mol. The first-order valence-corrected chi connectivity index (χ1v) is 9.65. The Morgan fingerprint density at radius 1 is 1.14 bits per heavy atom. The number of carbonyl (C=O) groups is 1. The second-order valence-corrected chi connectivity index (χ2v) is 7.65. The number of aromatic nitrogens is 4. The lowest BCUT2D eigenvalue weighted by atomic mass is 9.77. The molecule has 0 unspecified atom stereocenters. The molecule has 0 aliphatic carbocycles. The monoisotopic (exact) mass is 374 g/mol. The highest BCUT2D eigenvalue weighted by atomic mass is 16.2. The molecular formula is C21H22N6O. The molecule has 7 nitrogen and oxygen atoms in total. The molecule has 2 saturated heterocycles. The van der Waals surface area contributed by atoms with Crippen LogP contribution in [0.25, 0.3) is 5.65 Å². The van der Waals surface area contributed by atoms with Crippen LogP contribution in [0, 0.1) is 17.3 Å². The Balaban J connectivity index is 1.46. The third-order valence-corrected chi connectivity index (χ3v) is 5.96. The number of piperidine rings is 1. The van der Waals surface area contributed by atoms with Crippen molar-refractivity contribution in [2.45, 2.75) is 19.3 Å². The number of hydrogen-bond acceptors (Lipinski definition) is 4. The number of imidazole rings is 1. The van der Waals surface area contributed by atoms with Gasteiger partial charge >= 0.3 is 0 Å². The largest absolute Gasteiger partial charge is 0.358 e. The minimum absolute atomic E-state index is 0.164. The van der Waals surface area contributed by atoms with Gasteiger partial charge in [0.15, 0.2) is 0 Å². The van der Waals surface area contributed by atoms with E-state index in [-0.39, 0.29) is 11.3 Å². The summed E-state index contributed by atoms with van der Waals surface area (Å²) < 4.78 is 3.85. The number of carbonyl (C=O) groups excluding carboxylic acids is 1. The van der Waals surface area contributed by atoms with Gasteiger partial charge < -0.3 is 10.2 Å². The van der Waals surface area contributed by atoms with Gasteiger partial charge in [-0.1, -0.05) is 12.0 Å². The van der Waals surface area contributed by atoms with Gasteiger partial charge in [-0.3, -0.25) is 13.9 Å². The smallest absolute Gasteiger partial charge is 0.226 e. The number of aryl methyl sites for hydroxylation is 1.